The predicted molar refractivity (Wildman–Crippen MR) is 77.3 cm³/mol. The number of aromatic nitrogens is 2. The SMILES string of the molecule is O=S(=O)(NC1CCCNC1)c1c[nH]c2nccc(Cl)c12. The number of nitrogens with one attached hydrogen (secondary N) is 3. The Balaban J connectivity index is 1.96. The lowest BCUT2D eigenvalue weighted by Crippen LogP contribution is -2.45. The molecule has 1 saturated heterocycles. The van der Waals surface area contributed by atoms with E-state index in [9.17, 15) is 8.42 Å². The van der Waals surface area contributed by atoms with E-state index in [4.69, 9.17) is 11.6 Å². The molecule has 0 aromatic carbocycles. The van der Waals surface area contributed by atoms with Crippen molar-refractivity contribution < 1.29 is 8.42 Å². The molecule has 6 nitrogen and oxygen atoms in total. The smallest absolute Gasteiger partial charge is 0.243 e. The van der Waals surface area contributed by atoms with Crippen LogP contribution in [0.25, 0.3) is 11.0 Å². The molecule has 3 rings (SSSR count). The highest BCUT2D eigenvalue weighted by Gasteiger charge is 2.25. The van der Waals surface area contributed by atoms with E-state index in [0.717, 1.165) is 19.4 Å². The molecule has 2 aromatic rings. The van der Waals surface area contributed by atoms with Crippen LogP contribution in [0.3, 0.4) is 0 Å². The lowest BCUT2D eigenvalue weighted by atomic mass is 10.1. The van der Waals surface area contributed by atoms with Crippen LogP contribution in [0.2, 0.25) is 5.02 Å². The zero-order valence-corrected chi connectivity index (χ0v) is 12.3. The summed E-state index contributed by atoms with van der Waals surface area (Å²) in [5.74, 6) is 0. The summed E-state index contributed by atoms with van der Waals surface area (Å²) in [5.41, 5.74) is 0.472. The summed E-state index contributed by atoms with van der Waals surface area (Å²) in [5, 5.41) is 3.99. The molecule has 1 unspecified atom stereocenters. The normalized spacial score (nSPS) is 20.4. The number of fused-ring (bicyclic) bond motifs is 1. The van der Waals surface area contributed by atoms with Gasteiger partial charge in [-0.05, 0) is 25.5 Å². The summed E-state index contributed by atoms with van der Waals surface area (Å²) in [6, 6.07) is 1.49. The summed E-state index contributed by atoms with van der Waals surface area (Å²) >= 11 is 6.09. The number of H-pyrrole nitrogens is 1. The van der Waals surface area contributed by atoms with Gasteiger partial charge in [0.05, 0.1) is 10.4 Å². The maximum atomic E-state index is 12.5. The molecule has 0 radical (unpaired) electrons. The maximum Gasteiger partial charge on any atom is 0.243 e. The Labute approximate surface area is 122 Å². The molecule has 0 spiro atoms. The second-order valence-corrected chi connectivity index (χ2v) is 6.92. The molecular formula is C12H15ClN4O2S. The minimum atomic E-state index is -3.61. The van der Waals surface area contributed by atoms with Crippen LogP contribution in [0, 0.1) is 0 Å². The van der Waals surface area contributed by atoms with Gasteiger partial charge in [-0.15, -0.1) is 0 Å². The third-order valence-corrected chi connectivity index (χ3v) is 5.25. The highest BCUT2D eigenvalue weighted by Crippen LogP contribution is 2.28. The average molecular weight is 315 g/mol. The fourth-order valence-electron chi connectivity index (χ4n) is 2.44. The third-order valence-electron chi connectivity index (χ3n) is 3.39. The van der Waals surface area contributed by atoms with Crippen molar-refractivity contribution in [1.82, 2.24) is 20.0 Å². The number of piperidine rings is 1. The van der Waals surface area contributed by atoms with Gasteiger partial charge in [-0.3, -0.25) is 0 Å². The predicted octanol–water partition coefficient (Wildman–Crippen LogP) is 1.25. The van der Waals surface area contributed by atoms with Gasteiger partial charge in [0.25, 0.3) is 0 Å². The fraction of sp³-hybridized carbons (Fsp3) is 0.417. The summed E-state index contributed by atoms with van der Waals surface area (Å²) in [6.07, 6.45) is 4.77. The molecule has 1 fully saturated rings. The Morgan fingerprint density at radius 3 is 3.05 bits per heavy atom. The highest BCUT2D eigenvalue weighted by molar-refractivity contribution is 7.89. The van der Waals surface area contributed by atoms with Crippen LogP contribution in [0.15, 0.2) is 23.4 Å². The van der Waals surface area contributed by atoms with E-state index >= 15 is 0 Å². The molecule has 3 heterocycles. The van der Waals surface area contributed by atoms with Crippen molar-refractivity contribution in [2.75, 3.05) is 13.1 Å². The topological polar surface area (TPSA) is 86.9 Å². The Morgan fingerprint density at radius 2 is 2.30 bits per heavy atom. The van der Waals surface area contributed by atoms with Gasteiger partial charge >= 0.3 is 0 Å². The zero-order chi connectivity index (χ0) is 14.2. The Bertz CT molecular complexity index is 722. The summed E-state index contributed by atoms with van der Waals surface area (Å²) in [4.78, 5) is 7.07. The van der Waals surface area contributed by atoms with Gasteiger partial charge in [-0.25, -0.2) is 18.1 Å². The van der Waals surface area contributed by atoms with Gasteiger partial charge in [0.1, 0.15) is 10.5 Å². The summed E-state index contributed by atoms with van der Waals surface area (Å²) in [6.45, 7) is 1.58. The molecule has 20 heavy (non-hydrogen) atoms. The molecule has 1 aliphatic heterocycles. The molecular weight excluding hydrogens is 300 g/mol. The van der Waals surface area contributed by atoms with Gasteiger partial charge in [-0.1, -0.05) is 11.6 Å². The van der Waals surface area contributed by atoms with Crippen LogP contribution in [0.1, 0.15) is 12.8 Å². The summed E-state index contributed by atoms with van der Waals surface area (Å²) < 4.78 is 27.7. The van der Waals surface area contributed by atoms with Crippen molar-refractivity contribution in [2.24, 2.45) is 0 Å². The van der Waals surface area contributed by atoms with Gasteiger partial charge in [0.2, 0.25) is 10.0 Å². The first-order chi connectivity index (χ1) is 9.58. The lowest BCUT2D eigenvalue weighted by Gasteiger charge is -2.23. The van der Waals surface area contributed by atoms with Crippen molar-refractivity contribution in [2.45, 2.75) is 23.8 Å². The Morgan fingerprint density at radius 1 is 1.45 bits per heavy atom. The van der Waals surface area contributed by atoms with E-state index in [1.807, 2.05) is 0 Å². The Hall–Kier alpha value is -1.15. The molecule has 1 atom stereocenters. The van der Waals surface area contributed by atoms with E-state index < -0.39 is 10.0 Å². The molecule has 0 saturated carbocycles. The first-order valence-corrected chi connectivity index (χ1v) is 8.29. The lowest BCUT2D eigenvalue weighted by molar-refractivity contribution is 0.429. The minimum absolute atomic E-state index is 0.0888. The van der Waals surface area contributed by atoms with Gasteiger partial charge in [0, 0.05) is 25.0 Å². The standard InChI is InChI=1S/C12H15ClN4O2S/c13-9-3-5-15-12-11(9)10(7-16-12)20(18,19)17-8-2-1-4-14-6-8/h3,5,7-8,14,17H,1-2,4,6H2,(H,15,16). The molecule has 0 amide bonds. The molecule has 0 bridgehead atoms. The van der Waals surface area contributed by atoms with Gasteiger partial charge < -0.3 is 10.3 Å². The van der Waals surface area contributed by atoms with Gasteiger partial charge in [0.15, 0.2) is 0 Å². The number of halogens is 1. The van der Waals surface area contributed by atoms with Crippen molar-refractivity contribution in [1.29, 1.82) is 0 Å². The van der Waals surface area contributed by atoms with Crippen LogP contribution in [-0.4, -0.2) is 37.5 Å². The number of nitrogens with zero attached hydrogens (tertiary/aromatic N) is 1. The second-order valence-electron chi connectivity index (χ2n) is 4.83. The highest BCUT2D eigenvalue weighted by atomic mass is 35.5. The minimum Gasteiger partial charge on any atom is -0.345 e. The fourth-order valence-corrected chi connectivity index (χ4v) is 4.20. The van der Waals surface area contributed by atoms with Gasteiger partial charge in [-0.2, -0.15) is 0 Å². The number of aromatic amines is 1. The molecule has 1 aliphatic rings. The average Bonchev–Trinajstić information content (AvgIpc) is 2.85. The summed E-state index contributed by atoms with van der Waals surface area (Å²) in [7, 11) is -3.61. The van der Waals surface area contributed by atoms with E-state index in [2.05, 4.69) is 20.0 Å². The number of rotatable bonds is 3. The third kappa shape index (κ3) is 2.54. The van der Waals surface area contributed by atoms with Crippen molar-refractivity contribution in [3.63, 3.8) is 0 Å². The van der Waals surface area contributed by atoms with E-state index in [-0.39, 0.29) is 10.9 Å². The number of pyridine rings is 1. The molecule has 8 heteroatoms. The quantitative estimate of drug-likeness (QED) is 0.795. The van der Waals surface area contributed by atoms with E-state index in [1.165, 1.54) is 12.4 Å². The van der Waals surface area contributed by atoms with Crippen molar-refractivity contribution in [3.8, 4) is 0 Å². The molecule has 0 aliphatic carbocycles. The van der Waals surface area contributed by atoms with Crippen LogP contribution >= 0.6 is 11.6 Å². The van der Waals surface area contributed by atoms with Crippen LogP contribution < -0.4 is 10.0 Å². The first kappa shape index (κ1) is 13.8. The van der Waals surface area contributed by atoms with E-state index in [1.54, 1.807) is 6.07 Å². The molecule has 108 valence electrons. The second kappa shape index (κ2) is 5.33. The zero-order valence-electron chi connectivity index (χ0n) is 10.7. The van der Waals surface area contributed by atoms with E-state index in [0.29, 0.717) is 22.6 Å². The molecule has 3 N–H and O–H groups in total. The maximum absolute atomic E-state index is 12.5. The Kier molecular flexibility index (Phi) is 3.68. The van der Waals surface area contributed by atoms with Crippen LogP contribution in [0.5, 0.6) is 0 Å². The van der Waals surface area contributed by atoms with Crippen LogP contribution in [0.4, 0.5) is 0 Å². The number of hydrogen-bond acceptors (Lipinski definition) is 4. The van der Waals surface area contributed by atoms with Crippen LogP contribution in [-0.2, 0) is 10.0 Å². The monoisotopic (exact) mass is 314 g/mol. The number of sulfonamides is 1. The number of hydrogen-bond donors (Lipinski definition) is 3. The van der Waals surface area contributed by atoms with Crippen molar-refractivity contribution in [3.05, 3.63) is 23.5 Å². The molecule has 2 aromatic heterocycles. The largest absolute Gasteiger partial charge is 0.345 e. The first-order valence-electron chi connectivity index (χ1n) is 6.42. The van der Waals surface area contributed by atoms with Crippen molar-refractivity contribution >= 4 is 32.7 Å².